The molecule has 0 saturated carbocycles. The molecule has 3 aromatic rings. The van der Waals surface area contributed by atoms with E-state index in [1.165, 1.54) is 0 Å². The lowest BCUT2D eigenvalue weighted by Crippen LogP contribution is -2.13. The number of aromatic nitrogens is 4. The van der Waals surface area contributed by atoms with E-state index in [-0.39, 0.29) is 5.37 Å². The quantitative estimate of drug-likeness (QED) is 0.786. The molecule has 1 aliphatic heterocycles. The van der Waals surface area contributed by atoms with E-state index in [1.54, 1.807) is 24.2 Å². The van der Waals surface area contributed by atoms with Gasteiger partial charge in [-0.2, -0.15) is 0 Å². The molecular weight excluding hydrogens is 306 g/mol. The Morgan fingerprint density at radius 2 is 1.81 bits per heavy atom. The summed E-state index contributed by atoms with van der Waals surface area (Å²) in [5, 5.41) is 10.2. The van der Waals surface area contributed by atoms with Crippen LogP contribution in [0.2, 0.25) is 5.02 Å². The maximum absolute atomic E-state index is 5.93. The number of halogens is 1. The first-order chi connectivity index (χ1) is 10.3. The molecule has 0 amide bonds. The summed E-state index contributed by atoms with van der Waals surface area (Å²) < 4.78 is 1.92. The van der Waals surface area contributed by atoms with Crippen molar-refractivity contribution >= 4 is 23.4 Å². The number of nitrogens with zero attached hydrogens (tertiary/aromatic N) is 4. The molecule has 0 fully saturated rings. The third kappa shape index (κ3) is 2.26. The average molecular weight is 316 g/mol. The topological polar surface area (TPSA) is 55.6 Å². The molecule has 1 aliphatic rings. The molecule has 104 valence electrons. The normalized spacial score (nSPS) is 16.5. The number of fused-ring (bicyclic) bond motifs is 1. The molecule has 7 heteroatoms. The van der Waals surface area contributed by atoms with E-state index in [0.29, 0.717) is 0 Å². The molecule has 0 spiro atoms. The lowest BCUT2D eigenvalue weighted by atomic mass is 10.2. The van der Waals surface area contributed by atoms with Gasteiger partial charge in [0.25, 0.3) is 0 Å². The van der Waals surface area contributed by atoms with E-state index in [4.69, 9.17) is 11.6 Å². The molecule has 0 aliphatic carbocycles. The van der Waals surface area contributed by atoms with Gasteiger partial charge in [0, 0.05) is 23.0 Å². The predicted molar refractivity (Wildman–Crippen MR) is 82.7 cm³/mol. The van der Waals surface area contributed by atoms with Gasteiger partial charge in [0.15, 0.2) is 5.82 Å². The molecule has 1 N–H and O–H groups in total. The standard InChI is InChI=1S/C14H10ClN5S/c15-11-3-1-10(2-4-11)13-19-20-12(17-18-14(20)21-13)9-5-7-16-8-6-9/h1-8,13,19H. The Labute approximate surface area is 130 Å². The van der Waals surface area contributed by atoms with Crippen LogP contribution in [0.1, 0.15) is 10.9 Å². The van der Waals surface area contributed by atoms with Crippen LogP contribution in [0.15, 0.2) is 53.9 Å². The van der Waals surface area contributed by atoms with Crippen LogP contribution >= 0.6 is 23.4 Å². The van der Waals surface area contributed by atoms with Crippen molar-refractivity contribution in [3.05, 3.63) is 59.4 Å². The van der Waals surface area contributed by atoms with Gasteiger partial charge in [0.05, 0.1) is 0 Å². The van der Waals surface area contributed by atoms with Crippen LogP contribution in [0.25, 0.3) is 11.4 Å². The minimum absolute atomic E-state index is 0.105. The zero-order valence-electron chi connectivity index (χ0n) is 10.8. The average Bonchev–Trinajstić information content (AvgIpc) is 3.09. The largest absolute Gasteiger partial charge is 0.304 e. The van der Waals surface area contributed by atoms with E-state index in [1.807, 2.05) is 41.1 Å². The van der Waals surface area contributed by atoms with Gasteiger partial charge in [-0.15, -0.1) is 10.2 Å². The fourth-order valence-electron chi connectivity index (χ4n) is 2.18. The summed E-state index contributed by atoms with van der Waals surface area (Å²) in [6.45, 7) is 0. The summed E-state index contributed by atoms with van der Waals surface area (Å²) in [4.78, 5) is 4.02. The van der Waals surface area contributed by atoms with E-state index in [9.17, 15) is 0 Å². The first-order valence-corrected chi connectivity index (χ1v) is 7.61. The van der Waals surface area contributed by atoms with Gasteiger partial charge >= 0.3 is 0 Å². The Kier molecular flexibility index (Phi) is 3.05. The highest BCUT2D eigenvalue weighted by atomic mass is 35.5. The number of hydrogen-bond donors (Lipinski definition) is 1. The number of rotatable bonds is 2. The van der Waals surface area contributed by atoms with Crippen LogP contribution < -0.4 is 5.43 Å². The fraction of sp³-hybridized carbons (Fsp3) is 0.0714. The van der Waals surface area contributed by atoms with Crippen LogP contribution in [-0.4, -0.2) is 19.9 Å². The minimum Gasteiger partial charge on any atom is -0.304 e. The van der Waals surface area contributed by atoms with Gasteiger partial charge < -0.3 is 5.43 Å². The summed E-state index contributed by atoms with van der Waals surface area (Å²) in [6, 6.07) is 11.6. The number of pyridine rings is 1. The summed E-state index contributed by atoms with van der Waals surface area (Å²) in [7, 11) is 0. The van der Waals surface area contributed by atoms with Crippen LogP contribution in [0, 0.1) is 0 Å². The van der Waals surface area contributed by atoms with Gasteiger partial charge in [-0.05, 0) is 29.8 Å². The molecule has 2 aromatic heterocycles. The Bertz CT molecular complexity index is 772. The van der Waals surface area contributed by atoms with Gasteiger partial charge in [-0.25, -0.2) is 4.68 Å². The van der Waals surface area contributed by atoms with Gasteiger partial charge in [-0.1, -0.05) is 35.5 Å². The number of hydrogen-bond acceptors (Lipinski definition) is 5. The Morgan fingerprint density at radius 1 is 1.05 bits per heavy atom. The maximum atomic E-state index is 5.93. The highest BCUT2D eigenvalue weighted by Crippen LogP contribution is 2.40. The van der Waals surface area contributed by atoms with Crippen molar-refractivity contribution < 1.29 is 0 Å². The van der Waals surface area contributed by atoms with E-state index in [2.05, 4.69) is 20.6 Å². The van der Waals surface area contributed by atoms with E-state index < -0.39 is 0 Å². The zero-order chi connectivity index (χ0) is 14.2. The molecule has 0 bridgehead atoms. The highest BCUT2D eigenvalue weighted by molar-refractivity contribution is 7.99. The first kappa shape index (κ1) is 12.7. The van der Waals surface area contributed by atoms with Crippen LogP contribution in [0.3, 0.4) is 0 Å². The molecular formula is C14H10ClN5S. The van der Waals surface area contributed by atoms with Crippen molar-refractivity contribution in [3.8, 4) is 11.4 Å². The van der Waals surface area contributed by atoms with Gasteiger partial charge in [-0.3, -0.25) is 4.98 Å². The monoisotopic (exact) mass is 315 g/mol. The second-order valence-corrected chi connectivity index (χ2v) is 6.06. The zero-order valence-corrected chi connectivity index (χ0v) is 12.3. The Morgan fingerprint density at radius 3 is 2.57 bits per heavy atom. The smallest absolute Gasteiger partial charge is 0.212 e. The fourth-order valence-corrected chi connectivity index (χ4v) is 3.30. The molecule has 4 rings (SSSR count). The highest BCUT2D eigenvalue weighted by Gasteiger charge is 2.27. The van der Waals surface area contributed by atoms with E-state index >= 15 is 0 Å². The summed E-state index contributed by atoms with van der Waals surface area (Å²) in [5.41, 5.74) is 5.54. The number of thioether (sulfide) groups is 1. The summed E-state index contributed by atoms with van der Waals surface area (Å²) in [6.07, 6.45) is 3.49. The predicted octanol–water partition coefficient (Wildman–Crippen LogP) is 3.34. The lowest BCUT2D eigenvalue weighted by Gasteiger charge is -2.12. The summed E-state index contributed by atoms with van der Waals surface area (Å²) >= 11 is 7.56. The van der Waals surface area contributed by atoms with Crippen molar-refractivity contribution in [1.29, 1.82) is 0 Å². The molecule has 3 heterocycles. The first-order valence-electron chi connectivity index (χ1n) is 6.36. The summed E-state index contributed by atoms with van der Waals surface area (Å²) in [5.74, 6) is 0.788. The van der Waals surface area contributed by atoms with Crippen molar-refractivity contribution in [2.75, 3.05) is 5.43 Å². The Balaban J connectivity index is 1.66. The van der Waals surface area contributed by atoms with Gasteiger partial charge in [0.2, 0.25) is 5.16 Å². The molecule has 0 radical (unpaired) electrons. The molecule has 21 heavy (non-hydrogen) atoms. The molecule has 5 nitrogen and oxygen atoms in total. The molecule has 1 atom stereocenters. The van der Waals surface area contributed by atoms with Gasteiger partial charge in [0.1, 0.15) is 5.37 Å². The molecule has 1 aromatic carbocycles. The molecule has 1 unspecified atom stereocenters. The van der Waals surface area contributed by atoms with Crippen molar-refractivity contribution in [3.63, 3.8) is 0 Å². The Hall–Kier alpha value is -2.05. The van der Waals surface area contributed by atoms with Crippen LogP contribution in [0.5, 0.6) is 0 Å². The third-order valence-electron chi connectivity index (χ3n) is 3.21. The van der Waals surface area contributed by atoms with Crippen LogP contribution in [0.4, 0.5) is 0 Å². The van der Waals surface area contributed by atoms with Crippen LogP contribution in [-0.2, 0) is 0 Å². The second-order valence-electron chi connectivity index (χ2n) is 4.56. The lowest BCUT2D eigenvalue weighted by molar-refractivity contribution is 0.792. The third-order valence-corrected chi connectivity index (χ3v) is 4.55. The van der Waals surface area contributed by atoms with Crippen molar-refractivity contribution in [2.24, 2.45) is 0 Å². The second kappa shape index (κ2) is 5.05. The SMILES string of the molecule is Clc1ccc(C2Nn3c(nnc3-c3ccncc3)S2)cc1. The number of nitrogens with one attached hydrogen (secondary N) is 1. The minimum atomic E-state index is 0.105. The van der Waals surface area contributed by atoms with Crippen molar-refractivity contribution in [2.45, 2.75) is 10.5 Å². The van der Waals surface area contributed by atoms with Crippen molar-refractivity contribution in [1.82, 2.24) is 19.9 Å². The maximum Gasteiger partial charge on any atom is 0.212 e. The van der Waals surface area contributed by atoms with E-state index in [0.717, 1.165) is 27.1 Å². The molecule has 0 saturated heterocycles. The number of benzene rings is 1.